The molecule has 14 heavy (non-hydrogen) atoms. The molecule has 0 bridgehead atoms. The molecule has 0 unspecified atom stereocenters. The molecular weight excluding hydrogens is 180 g/mol. The third-order valence-corrected chi connectivity index (χ3v) is 1.49. The third kappa shape index (κ3) is 2.81. The average molecular weight is 190 g/mol. The van der Waals surface area contributed by atoms with E-state index < -0.39 is 6.03 Å². The van der Waals surface area contributed by atoms with Gasteiger partial charge in [0, 0.05) is 5.56 Å². The Kier molecular flexibility index (Phi) is 3.53. The second-order valence-electron chi connectivity index (χ2n) is 2.49. The first-order valence-corrected chi connectivity index (χ1v) is 3.99. The van der Waals surface area contributed by atoms with E-state index in [4.69, 9.17) is 10.8 Å². The van der Waals surface area contributed by atoms with Crippen molar-refractivity contribution in [3.05, 3.63) is 29.8 Å². The van der Waals surface area contributed by atoms with Crippen molar-refractivity contribution in [2.24, 2.45) is 5.73 Å². The molecule has 1 aromatic rings. The maximum Gasteiger partial charge on any atom is 0.316 e. The molecule has 4 nitrogen and oxygen atoms in total. The van der Waals surface area contributed by atoms with Crippen molar-refractivity contribution >= 4 is 11.7 Å². The number of hydrogen-bond acceptors (Lipinski definition) is 2. The fourth-order valence-electron chi connectivity index (χ4n) is 0.969. The van der Waals surface area contributed by atoms with Crippen LogP contribution in [0.4, 0.5) is 10.5 Å². The molecule has 0 aliphatic heterocycles. The van der Waals surface area contributed by atoms with E-state index in [0.717, 1.165) is 0 Å². The molecule has 0 aliphatic rings. The summed E-state index contributed by atoms with van der Waals surface area (Å²) < 4.78 is 0. The fourth-order valence-corrected chi connectivity index (χ4v) is 0.969. The van der Waals surface area contributed by atoms with E-state index >= 15 is 0 Å². The molecule has 1 aromatic carbocycles. The smallest absolute Gasteiger partial charge is 0.316 e. The molecule has 0 atom stereocenters. The van der Waals surface area contributed by atoms with Gasteiger partial charge in [0.2, 0.25) is 0 Å². The van der Waals surface area contributed by atoms with Crippen LogP contribution >= 0.6 is 0 Å². The van der Waals surface area contributed by atoms with Gasteiger partial charge in [0.15, 0.2) is 0 Å². The van der Waals surface area contributed by atoms with Crippen LogP contribution < -0.4 is 11.1 Å². The van der Waals surface area contributed by atoms with Gasteiger partial charge in [0.1, 0.15) is 6.61 Å². The molecule has 1 rings (SSSR count). The van der Waals surface area contributed by atoms with Crippen LogP contribution in [0.3, 0.4) is 0 Å². The lowest BCUT2D eigenvalue weighted by molar-refractivity contribution is 0.259. The number of hydrogen-bond donors (Lipinski definition) is 3. The van der Waals surface area contributed by atoms with Crippen LogP contribution in [-0.4, -0.2) is 17.7 Å². The molecule has 2 amide bonds. The predicted octanol–water partition coefficient (Wildman–Crippen LogP) is 0.521. The zero-order chi connectivity index (χ0) is 10.4. The van der Waals surface area contributed by atoms with E-state index in [-0.39, 0.29) is 6.61 Å². The van der Waals surface area contributed by atoms with Crippen LogP contribution in [0.25, 0.3) is 0 Å². The number of aliphatic hydroxyl groups excluding tert-OH is 1. The lowest BCUT2D eigenvalue weighted by Gasteiger charge is -2.03. The Bertz CT molecular complexity index is 391. The second-order valence-corrected chi connectivity index (χ2v) is 2.49. The Morgan fingerprint density at radius 3 is 2.86 bits per heavy atom. The van der Waals surface area contributed by atoms with E-state index in [2.05, 4.69) is 17.2 Å². The molecule has 0 saturated heterocycles. The Morgan fingerprint density at radius 1 is 1.50 bits per heavy atom. The van der Waals surface area contributed by atoms with Gasteiger partial charge < -0.3 is 16.2 Å². The quantitative estimate of drug-likeness (QED) is 0.565. The Labute approximate surface area is 81.7 Å². The predicted molar refractivity (Wildman–Crippen MR) is 53.6 cm³/mol. The lowest BCUT2D eigenvalue weighted by atomic mass is 10.2. The van der Waals surface area contributed by atoms with E-state index in [0.29, 0.717) is 11.3 Å². The van der Waals surface area contributed by atoms with Crippen molar-refractivity contribution in [1.29, 1.82) is 0 Å². The maximum atomic E-state index is 10.6. The Balaban J connectivity index is 2.96. The number of rotatable bonds is 1. The molecule has 0 saturated carbocycles. The molecule has 0 fully saturated rings. The van der Waals surface area contributed by atoms with Crippen molar-refractivity contribution < 1.29 is 9.90 Å². The first kappa shape index (κ1) is 10.1. The summed E-state index contributed by atoms with van der Waals surface area (Å²) in [6.07, 6.45) is 0. The maximum absolute atomic E-state index is 10.6. The van der Waals surface area contributed by atoms with Crippen LogP contribution in [0.15, 0.2) is 24.3 Å². The minimum atomic E-state index is -0.636. The molecule has 72 valence electrons. The average Bonchev–Trinajstić information content (AvgIpc) is 2.16. The van der Waals surface area contributed by atoms with Crippen LogP contribution in [-0.2, 0) is 0 Å². The molecule has 0 radical (unpaired) electrons. The Hall–Kier alpha value is -1.99. The van der Waals surface area contributed by atoms with Gasteiger partial charge in [-0.25, -0.2) is 4.79 Å². The number of para-hydroxylation sites is 1. The van der Waals surface area contributed by atoms with Gasteiger partial charge in [-0.1, -0.05) is 24.0 Å². The zero-order valence-corrected chi connectivity index (χ0v) is 7.45. The van der Waals surface area contributed by atoms with Crippen molar-refractivity contribution in [3.63, 3.8) is 0 Å². The number of nitrogens with two attached hydrogens (primary N) is 1. The van der Waals surface area contributed by atoms with E-state index in [1.165, 1.54) is 0 Å². The Morgan fingerprint density at radius 2 is 2.21 bits per heavy atom. The standard InChI is InChI=1S/C10H10N2O2/c11-10(14)12-9-6-2-1-4-8(9)5-3-7-13/h1-2,4,6,13H,7H2,(H3,11,12,14). The lowest BCUT2D eigenvalue weighted by Crippen LogP contribution is -2.19. The number of nitrogens with one attached hydrogen (secondary N) is 1. The van der Waals surface area contributed by atoms with Gasteiger partial charge >= 0.3 is 6.03 Å². The number of carbonyl (C=O) groups is 1. The van der Waals surface area contributed by atoms with Crippen LogP contribution in [0.5, 0.6) is 0 Å². The van der Waals surface area contributed by atoms with Gasteiger partial charge in [0.25, 0.3) is 0 Å². The molecule has 4 N–H and O–H groups in total. The topological polar surface area (TPSA) is 75.4 Å². The third-order valence-electron chi connectivity index (χ3n) is 1.49. The van der Waals surface area contributed by atoms with E-state index in [1.807, 2.05) is 0 Å². The molecule has 0 heterocycles. The normalized spacial score (nSPS) is 8.64. The number of benzene rings is 1. The monoisotopic (exact) mass is 190 g/mol. The largest absolute Gasteiger partial charge is 0.384 e. The van der Waals surface area contributed by atoms with Crippen molar-refractivity contribution in [1.82, 2.24) is 0 Å². The molecule has 0 aromatic heterocycles. The number of aliphatic hydroxyl groups is 1. The van der Waals surface area contributed by atoms with Crippen molar-refractivity contribution in [3.8, 4) is 11.8 Å². The SMILES string of the molecule is NC(=O)Nc1ccccc1C#CCO. The minimum Gasteiger partial charge on any atom is -0.384 e. The second kappa shape index (κ2) is 4.90. The summed E-state index contributed by atoms with van der Waals surface area (Å²) in [6, 6.07) is 6.33. The van der Waals surface area contributed by atoms with Gasteiger partial charge in [0.05, 0.1) is 5.69 Å². The van der Waals surface area contributed by atoms with Gasteiger partial charge in [-0.05, 0) is 12.1 Å². The van der Waals surface area contributed by atoms with E-state index in [9.17, 15) is 4.79 Å². The first-order valence-electron chi connectivity index (χ1n) is 3.99. The summed E-state index contributed by atoms with van der Waals surface area (Å²) in [7, 11) is 0. The van der Waals surface area contributed by atoms with Crippen LogP contribution in [0.2, 0.25) is 0 Å². The summed E-state index contributed by atoms with van der Waals surface area (Å²) in [6.45, 7) is -0.217. The summed E-state index contributed by atoms with van der Waals surface area (Å²) in [4.78, 5) is 10.6. The molecule has 4 heteroatoms. The number of carbonyl (C=O) groups excluding carboxylic acids is 1. The van der Waals surface area contributed by atoms with Gasteiger partial charge in [-0.2, -0.15) is 0 Å². The molecule has 0 spiro atoms. The highest BCUT2D eigenvalue weighted by Gasteiger charge is 1.99. The highest BCUT2D eigenvalue weighted by atomic mass is 16.2. The number of primary amides is 1. The summed E-state index contributed by atoms with van der Waals surface area (Å²) in [5.74, 6) is 5.19. The molecule has 0 aliphatic carbocycles. The van der Waals surface area contributed by atoms with Crippen LogP contribution in [0, 0.1) is 11.8 Å². The van der Waals surface area contributed by atoms with Gasteiger partial charge in [-0.15, -0.1) is 0 Å². The molecular formula is C10H10N2O2. The van der Waals surface area contributed by atoms with Crippen LogP contribution in [0.1, 0.15) is 5.56 Å². The highest BCUT2D eigenvalue weighted by molar-refractivity contribution is 5.89. The summed E-state index contributed by atoms with van der Waals surface area (Å²) >= 11 is 0. The van der Waals surface area contributed by atoms with E-state index in [1.54, 1.807) is 24.3 Å². The van der Waals surface area contributed by atoms with Crippen molar-refractivity contribution in [2.75, 3.05) is 11.9 Å². The summed E-state index contributed by atoms with van der Waals surface area (Å²) in [5.41, 5.74) is 6.14. The van der Waals surface area contributed by atoms with Gasteiger partial charge in [-0.3, -0.25) is 0 Å². The minimum absolute atomic E-state index is 0.217. The summed E-state index contributed by atoms with van der Waals surface area (Å²) in [5, 5.41) is 11.0. The first-order chi connectivity index (χ1) is 6.74. The number of anilines is 1. The zero-order valence-electron chi connectivity index (χ0n) is 7.45. The number of amides is 2. The van der Waals surface area contributed by atoms with Crippen molar-refractivity contribution in [2.45, 2.75) is 0 Å². The fraction of sp³-hybridized carbons (Fsp3) is 0.100. The highest BCUT2D eigenvalue weighted by Crippen LogP contribution is 2.12. The number of urea groups is 1.